The van der Waals surface area contributed by atoms with E-state index in [9.17, 15) is 4.79 Å². The second-order valence-electron chi connectivity index (χ2n) is 10.5. The van der Waals surface area contributed by atoms with E-state index >= 15 is 0 Å². The van der Waals surface area contributed by atoms with Crippen LogP contribution in [0.3, 0.4) is 0 Å². The molecule has 0 aliphatic heterocycles. The zero-order valence-corrected chi connectivity index (χ0v) is 23.9. The zero-order valence-electron chi connectivity index (χ0n) is 22.3. The van der Waals surface area contributed by atoms with E-state index < -0.39 is 5.91 Å². The van der Waals surface area contributed by atoms with Gasteiger partial charge < -0.3 is 15.5 Å². The summed E-state index contributed by atoms with van der Waals surface area (Å²) in [7, 11) is 4.36. The minimum atomic E-state index is -0.398. The number of carbonyl (C=O) groups is 1. The maximum absolute atomic E-state index is 12.4. The molecule has 2 N–H and O–H groups in total. The highest BCUT2D eigenvalue weighted by Crippen LogP contribution is 2.41. The summed E-state index contributed by atoms with van der Waals surface area (Å²) in [5.41, 5.74) is 11.5. The van der Waals surface area contributed by atoms with Crippen molar-refractivity contribution in [1.82, 2.24) is 4.90 Å². The minimum Gasteiger partial charge on any atom is -0.365 e. The number of thiophene rings is 1. The van der Waals surface area contributed by atoms with Crippen molar-refractivity contribution in [2.45, 2.75) is 63.8 Å². The molecule has 4 nitrogen and oxygen atoms in total. The first kappa shape index (κ1) is 27.4. The van der Waals surface area contributed by atoms with Crippen LogP contribution >= 0.6 is 22.9 Å². The second kappa shape index (κ2) is 11.8. The number of primary amides is 1. The highest BCUT2D eigenvalue weighted by molar-refractivity contribution is 7.18. The van der Waals surface area contributed by atoms with Gasteiger partial charge in [0.1, 0.15) is 5.00 Å². The predicted octanol–water partition coefficient (Wildman–Crippen LogP) is 8.02. The van der Waals surface area contributed by atoms with Gasteiger partial charge in [-0.25, -0.2) is 0 Å². The van der Waals surface area contributed by atoms with Gasteiger partial charge in [0.25, 0.3) is 5.91 Å². The van der Waals surface area contributed by atoms with E-state index in [2.05, 4.69) is 68.6 Å². The van der Waals surface area contributed by atoms with E-state index in [0.29, 0.717) is 23.3 Å². The molecular weight excluding hydrogens is 498 g/mol. The zero-order chi connectivity index (χ0) is 26.7. The number of nitrogens with two attached hydrogens (primary N) is 1. The van der Waals surface area contributed by atoms with Crippen molar-refractivity contribution in [3.63, 3.8) is 0 Å². The Labute approximate surface area is 230 Å². The molecule has 1 saturated carbocycles. The number of nitrogens with zero attached hydrogens (tertiary/aromatic N) is 2. The van der Waals surface area contributed by atoms with Gasteiger partial charge in [-0.1, -0.05) is 55.4 Å². The van der Waals surface area contributed by atoms with Crippen LogP contribution in [0.5, 0.6) is 0 Å². The first-order valence-corrected chi connectivity index (χ1v) is 14.2. The van der Waals surface area contributed by atoms with Crippen molar-refractivity contribution in [1.29, 1.82) is 0 Å². The molecule has 1 aliphatic carbocycles. The van der Waals surface area contributed by atoms with Crippen LogP contribution in [-0.2, 0) is 6.42 Å². The quantitative estimate of drug-likeness (QED) is 0.302. The molecule has 1 amide bonds. The topological polar surface area (TPSA) is 49.6 Å². The predicted molar refractivity (Wildman–Crippen MR) is 159 cm³/mol. The Morgan fingerprint density at radius 2 is 1.86 bits per heavy atom. The number of anilines is 2. The maximum Gasteiger partial charge on any atom is 0.259 e. The Hall–Kier alpha value is -2.60. The van der Waals surface area contributed by atoms with Gasteiger partial charge in [-0.15, -0.1) is 11.3 Å². The van der Waals surface area contributed by atoms with Crippen LogP contribution in [0.15, 0.2) is 61.3 Å². The third-order valence-electron chi connectivity index (χ3n) is 7.79. The summed E-state index contributed by atoms with van der Waals surface area (Å²) in [6.45, 7) is 8.38. The lowest BCUT2D eigenvalue weighted by atomic mass is 9.81. The standard InChI is InChI=1S/C31H38ClN3OS/c1-6-35(28-18-23(12-11-20(28)2)22-13-15-25(16-14-22)34(4)5)29-19-24(30(37-29)31(33)36)17-21(3)26-9-7-8-10-27(26)32/h6-12,18-19,21-22,25H,1,13-17H2,2-5H3,(H2,33,36)/t21-,22-,25-/m0/s1. The monoisotopic (exact) mass is 535 g/mol. The first-order valence-electron chi connectivity index (χ1n) is 13.0. The molecule has 1 fully saturated rings. The molecule has 4 rings (SSSR count). The third-order valence-corrected chi connectivity index (χ3v) is 9.33. The van der Waals surface area contributed by atoms with Gasteiger partial charge in [-0.3, -0.25) is 4.79 Å². The number of amides is 1. The fourth-order valence-corrected chi connectivity index (χ4v) is 6.96. The first-order chi connectivity index (χ1) is 17.7. The van der Waals surface area contributed by atoms with Gasteiger partial charge >= 0.3 is 0 Å². The van der Waals surface area contributed by atoms with Crippen molar-refractivity contribution in [2.75, 3.05) is 19.0 Å². The molecule has 1 aromatic heterocycles. The summed E-state index contributed by atoms with van der Waals surface area (Å²) in [6.07, 6.45) is 7.38. The number of hydrogen-bond acceptors (Lipinski definition) is 4. The Morgan fingerprint density at radius 3 is 2.49 bits per heavy atom. The van der Waals surface area contributed by atoms with E-state index in [1.807, 2.05) is 30.5 Å². The molecule has 1 heterocycles. The Morgan fingerprint density at radius 1 is 1.16 bits per heavy atom. The summed E-state index contributed by atoms with van der Waals surface area (Å²) in [5.74, 6) is 0.317. The molecule has 0 spiro atoms. The summed E-state index contributed by atoms with van der Waals surface area (Å²) in [5, 5.41) is 1.69. The Balaban J connectivity index is 1.62. The molecule has 196 valence electrons. The molecular formula is C31H38ClN3OS. The third kappa shape index (κ3) is 6.11. The second-order valence-corrected chi connectivity index (χ2v) is 11.9. The molecule has 6 heteroatoms. The van der Waals surface area contributed by atoms with Crippen molar-refractivity contribution < 1.29 is 4.79 Å². The fraction of sp³-hybridized carbons (Fsp3) is 0.387. The van der Waals surface area contributed by atoms with Crippen LogP contribution < -0.4 is 10.6 Å². The molecule has 3 aromatic rings. The average Bonchev–Trinajstić information content (AvgIpc) is 3.29. The summed E-state index contributed by atoms with van der Waals surface area (Å²) in [6, 6.07) is 17.4. The molecule has 1 aliphatic rings. The van der Waals surface area contributed by atoms with Crippen LogP contribution in [0.25, 0.3) is 0 Å². The molecule has 0 radical (unpaired) electrons. The highest BCUT2D eigenvalue weighted by atomic mass is 35.5. The lowest BCUT2D eigenvalue weighted by molar-refractivity contribution is 0.100. The Bertz CT molecular complexity index is 1260. The van der Waals surface area contributed by atoms with Gasteiger partial charge in [0.15, 0.2) is 0 Å². The van der Waals surface area contributed by atoms with Crippen molar-refractivity contribution >= 4 is 39.5 Å². The Kier molecular flexibility index (Phi) is 8.79. The van der Waals surface area contributed by atoms with Gasteiger partial charge in [-0.2, -0.15) is 0 Å². The van der Waals surface area contributed by atoms with Crippen molar-refractivity contribution in [2.24, 2.45) is 5.73 Å². The highest BCUT2D eigenvalue weighted by Gasteiger charge is 2.25. The summed E-state index contributed by atoms with van der Waals surface area (Å²) < 4.78 is 0. The van der Waals surface area contributed by atoms with Gasteiger partial charge in [-0.05, 0) is 105 Å². The summed E-state index contributed by atoms with van der Waals surface area (Å²) in [4.78, 5) is 17.5. The molecule has 0 bridgehead atoms. The molecule has 1 atom stereocenters. The molecule has 0 unspecified atom stereocenters. The molecule has 37 heavy (non-hydrogen) atoms. The van der Waals surface area contributed by atoms with Gasteiger partial charge in [0, 0.05) is 23.0 Å². The van der Waals surface area contributed by atoms with Crippen molar-refractivity contribution in [3.05, 3.63) is 93.5 Å². The van der Waals surface area contributed by atoms with Crippen LogP contribution in [0.1, 0.15) is 76.4 Å². The number of hydrogen-bond donors (Lipinski definition) is 1. The van der Waals surface area contributed by atoms with E-state index in [0.717, 1.165) is 26.8 Å². The van der Waals surface area contributed by atoms with E-state index in [4.69, 9.17) is 17.3 Å². The smallest absolute Gasteiger partial charge is 0.259 e. The number of aryl methyl sites for hydroxylation is 1. The van der Waals surface area contributed by atoms with E-state index in [1.54, 1.807) is 0 Å². The minimum absolute atomic E-state index is 0.147. The van der Waals surface area contributed by atoms with Gasteiger partial charge in [0.2, 0.25) is 0 Å². The number of benzene rings is 2. The number of carbonyl (C=O) groups excluding carboxylic acids is 1. The van der Waals surface area contributed by atoms with Crippen molar-refractivity contribution in [3.8, 4) is 0 Å². The lowest BCUT2D eigenvalue weighted by Crippen LogP contribution is -2.31. The molecule has 2 aromatic carbocycles. The normalized spacial score (nSPS) is 18.5. The van der Waals surface area contributed by atoms with Crippen LogP contribution in [0.2, 0.25) is 5.02 Å². The van der Waals surface area contributed by atoms with Gasteiger partial charge in [0.05, 0.1) is 4.88 Å². The fourth-order valence-electron chi connectivity index (χ4n) is 5.58. The lowest BCUT2D eigenvalue weighted by Gasteiger charge is -2.33. The molecule has 0 saturated heterocycles. The number of halogens is 1. The van der Waals surface area contributed by atoms with E-state index in [1.165, 1.54) is 48.1 Å². The summed E-state index contributed by atoms with van der Waals surface area (Å²) >= 11 is 7.88. The number of rotatable bonds is 9. The average molecular weight is 536 g/mol. The van der Waals surface area contributed by atoms with E-state index in [-0.39, 0.29) is 5.92 Å². The largest absolute Gasteiger partial charge is 0.365 e. The van der Waals surface area contributed by atoms with Crippen LogP contribution in [0, 0.1) is 6.92 Å². The van der Waals surface area contributed by atoms with Crippen LogP contribution in [0.4, 0.5) is 10.7 Å². The van der Waals surface area contributed by atoms with Crippen LogP contribution in [-0.4, -0.2) is 30.9 Å². The SMILES string of the molecule is C=CN(c1cc(C[C@H](C)c2ccccc2Cl)c(C(N)=O)s1)c1cc([C@H]2CC[C@H](N(C)C)CC2)ccc1C. The maximum atomic E-state index is 12.4.